The second-order valence-corrected chi connectivity index (χ2v) is 7.71. The second kappa shape index (κ2) is 6.41. The van der Waals surface area contributed by atoms with E-state index in [1.807, 2.05) is 24.3 Å². The Bertz CT molecular complexity index is 987. The summed E-state index contributed by atoms with van der Waals surface area (Å²) in [6.07, 6.45) is 4.08. The molecule has 1 aromatic carbocycles. The number of hydrogen-bond acceptors (Lipinski definition) is 6. The molecule has 0 amide bonds. The van der Waals surface area contributed by atoms with Crippen LogP contribution < -0.4 is 10.5 Å². The van der Waals surface area contributed by atoms with Gasteiger partial charge in [-0.15, -0.1) is 0 Å². The van der Waals surface area contributed by atoms with E-state index in [9.17, 15) is 15.8 Å². The first-order valence-corrected chi connectivity index (χ1v) is 9.33. The van der Waals surface area contributed by atoms with Crippen LogP contribution in [0.5, 0.6) is 5.75 Å². The normalized spacial score (nSPS) is 30.5. The van der Waals surface area contributed by atoms with Crippen molar-refractivity contribution in [2.45, 2.75) is 30.8 Å². The largest absolute Gasteiger partial charge is 0.497 e. The van der Waals surface area contributed by atoms with Crippen molar-refractivity contribution in [3.8, 4) is 24.0 Å². The van der Waals surface area contributed by atoms with Gasteiger partial charge in [-0.05, 0) is 43.2 Å². The molecule has 2 aliphatic heterocycles. The Labute approximate surface area is 164 Å². The lowest BCUT2D eigenvalue weighted by Crippen LogP contribution is -2.51. The van der Waals surface area contributed by atoms with E-state index in [4.69, 9.17) is 10.5 Å². The molecule has 140 valence electrons. The van der Waals surface area contributed by atoms with E-state index in [0.717, 1.165) is 24.0 Å². The summed E-state index contributed by atoms with van der Waals surface area (Å²) in [5.74, 6) is 0.111. The van der Waals surface area contributed by atoms with Crippen LogP contribution in [0.25, 0.3) is 0 Å². The number of fused-ring (bicyclic) bond motifs is 4. The molecular formula is C22H21N5O. The Morgan fingerprint density at radius 2 is 1.82 bits per heavy atom. The molecule has 6 nitrogen and oxygen atoms in total. The molecule has 2 heterocycles. The van der Waals surface area contributed by atoms with Crippen LogP contribution in [0.15, 0.2) is 47.2 Å². The van der Waals surface area contributed by atoms with Crippen molar-refractivity contribution >= 4 is 0 Å². The lowest BCUT2D eigenvalue weighted by molar-refractivity contribution is 0.160. The maximum Gasteiger partial charge on any atom is 0.191 e. The van der Waals surface area contributed by atoms with Gasteiger partial charge >= 0.3 is 0 Å². The molecule has 1 aromatic rings. The number of rotatable bonds is 2. The molecule has 0 saturated carbocycles. The topological polar surface area (TPSA) is 110 Å². The maximum absolute atomic E-state index is 10.1. The van der Waals surface area contributed by atoms with Gasteiger partial charge in [0.1, 0.15) is 11.8 Å². The van der Waals surface area contributed by atoms with E-state index in [0.29, 0.717) is 11.3 Å². The average Bonchev–Trinajstić information content (AvgIpc) is 2.96. The van der Waals surface area contributed by atoms with Crippen molar-refractivity contribution < 1.29 is 4.74 Å². The van der Waals surface area contributed by atoms with Crippen LogP contribution in [0.2, 0.25) is 0 Å². The van der Waals surface area contributed by atoms with Gasteiger partial charge in [-0.2, -0.15) is 15.8 Å². The number of benzene rings is 1. The molecule has 1 fully saturated rings. The number of hydrogen-bond donors (Lipinski definition) is 1. The fraction of sp³-hybridized carbons (Fsp3) is 0.409. The Morgan fingerprint density at radius 3 is 2.39 bits per heavy atom. The number of nitrogens with zero attached hydrogens (tertiary/aromatic N) is 4. The summed E-state index contributed by atoms with van der Waals surface area (Å²) in [6.45, 7) is 0. The van der Waals surface area contributed by atoms with Crippen molar-refractivity contribution in [3.05, 3.63) is 52.7 Å². The highest BCUT2D eigenvalue weighted by Gasteiger charge is 2.58. The van der Waals surface area contributed by atoms with Crippen LogP contribution in [0.1, 0.15) is 24.3 Å². The lowest BCUT2D eigenvalue weighted by atomic mass is 9.56. The van der Waals surface area contributed by atoms with Crippen molar-refractivity contribution in [1.29, 1.82) is 15.8 Å². The Kier molecular flexibility index (Phi) is 4.15. The summed E-state index contributed by atoms with van der Waals surface area (Å²) in [5, 5.41) is 30.1. The van der Waals surface area contributed by atoms with E-state index in [2.05, 4.69) is 36.2 Å². The van der Waals surface area contributed by atoms with Crippen LogP contribution in [0.3, 0.4) is 0 Å². The number of nitrogens with two attached hydrogens (primary N) is 1. The molecule has 4 atom stereocenters. The average molecular weight is 371 g/mol. The predicted molar refractivity (Wildman–Crippen MR) is 102 cm³/mol. The van der Waals surface area contributed by atoms with E-state index in [1.54, 1.807) is 7.11 Å². The van der Waals surface area contributed by atoms with Gasteiger partial charge in [0.15, 0.2) is 5.41 Å². The van der Waals surface area contributed by atoms with Gasteiger partial charge in [0.25, 0.3) is 0 Å². The van der Waals surface area contributed by atoms with Gasteiger partial charge in [0.05, 0.1) is 30.5 Å². The first-order chi connectivity index (χ1) is 13.5. The maximum atomic E-state index is 10.1. The minimum Gasteiger partial charge on any atom is -0.497 e. The molecule has 3 aliphatic rings. The minimum atomic E-state index is -1.59. The summed E-state index contributed by atoms with van der Waals surface area (Å²) in [5.41, 5.74) is 6.91. The molecule has 4 rings (SSSR count). The lowest BCUT2D eigenvalue weighted by Gasteiger charge is -2.48. The van der Waals surface area contributed by atoms with E-state index in [-0.39, 0.29) is 23.7 Å². The highest BCUT2D eigenvalue weighted by molar-refractivity contribution is 5.60. The van der Waals surface area contributed by atoms with Gasteiger partial charge in [-0.25, -0.2) is 0 Å². The standard InChI is InChI=1S/C22H21N5O/c1-27-14-5-8-18(27)19-16(9-14)17(10-23)21(26)22(11-24,12-25)20(19)13-3-6-15(28-2)7-4-13/h3-4,6-7,9,14,18-20H,5,8,26H2,1-2H3/t14-,18-,19+,20-/m1/s1. The van der Waals surface area contributed by atoms with Gasteiger partial charge in [0.2, 0.25) is 0 Å². The number of nitriles is 3. The van der Waals surface area contributed by atoms with Crippen molar-refractivity contribution in [1.82, 2.24) is 4.90 Å². The fourth-order valence-electron chi connectivity index (χ4n) is 5.27. The van der Waals surface area contributed by atoms with Crippen LogP contribution in [-0.4, -0.2) is 31.1 Å². The second-order valence-electron chi connectivity index (χ2n) is 7.71. The monoisotopic (exact) mass is 371 g/mol. The highest BCUT2D eigenvalue weighted by atomic mass is 16.5. The summed E-state index contributed by atoms with van der Waals surface area (Å²) in [7, 11) is 3.68. The zero-order chi connectivity index (χ0) is 20.1. The Hall–Kier alpha value is -3.27. The molecule has 0 radical (unpaired) electrons. The predicted octanol–water partition coefficient (Wildman–Crippen LogP) is 2.58. The molecule has 2 bridgehead atoms. The first-order valence-electron chi connectivity index (χ1n) is 9.33. The van der Waals surface area contributed by atoms with Crippen LogP contribution in [0, 0.1) is 45.3 Å². The van der Waals surface area contributed by atoms with Crippen molar-refractivity contribution in [2.75, 3.05) is 14.2 Å². The van der Waals surface area contributed by atoms with Gasteiger partial charge in [-0.1, -0.05) is 18.2 Å². The summed E-state index contributed by atoms with van der Waals surface area (Å²) < 4.78 is 5.26. The zero-order valence-electron chi connectivity index (χ0n) is 15.9. The van der Waals surface area contributed by atoms with Crippen LogP contribution >= 0.6 is 0 Å². The SMILES string of the molecule is COc1ccc([C@@H]2[C@H]3C(=C[C@H]4CC[C@H]3N4C)C(C#N)=C(N)C2(C#N)C#N)cc1. The number of methoxy groups -OCH3 is 1. The fourth-order valence-corrected chi connectivity index (χ4v) is 5.27. The zero-order valence-corrected chi connectivity index (χ0v) is 15.9. The Balaban J connectivity index is 2.01. The molecule has 2 N–H and O–H groups in total. The molecule has 0 aromatic heterocycles. The molecule has 0 unspecified atom stereocenters. The van der Waals surface area contributed by atoms with Gasteiger partial charge in [0, 0.05) is 23.9 Å². The molecule has 0 spiro atoms. The Morgan fingerprint density at radius 1 is 1.14 bits per heavy atom. The number of likely N-dealkylation sites (N-methyl/N-ethyl adjacent to an activating group) is 1. The van der Waals surface area contributed by atoms with Gasteiger partial charge < -0.3 is 10.5 Å². The third kappa shape index (κ3) is 2.21. The molecule has 6 heteroatoms. The van der Waals surface area contributed by atoms with Crippen LogP contribution in [-0.2, 0) is 0 Å². The molecule has 28 heavy (non-hydrogen) atoms. The van der Waals surface area contributed by atoms with Crippen LogP contribution in [0.4, 0.5) is 0 Å². The third-order valence-corrected chi connectivity index (χ3v) is 6.70. The van der Waals surface area contributed by atoms with E-state index < -0.39 is 11.3 Å². The minimum absolute atomic E-state index is 0.0762. The van der Waals surface area contributed by atoms with Crippen molar-refractivity contribution in [3.63, 3.8) is 0 Å². The number of ether oxygens (including phenoxy) is 1. The molecule has 1 aliphatic carbocycles. The smallest absolute Gasteiger partial charge is 0.191 e. The van der Waals surface area contributed by atoms with Crippen molar-refractivity contribution in [2.24, 2.45) is 17.1 Å². The molecule has 1 saturated heterocycles. The van der Waals surface area contributed by atoms with E-state index >= 15 is 0 Å². The number of allylic oxidation sites excluding steroid dienone is 2. The summed E-state index contributed by atoms with van der Waals surface area (Å²) in [4.78, 5) is 2.31. The quantitative estimate of drug-likeness (QED) is 0.855. The third-order valence-electron chi connectivity index (χ3n) is 6.70. The summed E-state index contributed by atoms with van der Waals surface area (Å²) in [6, 6.07) is 14.5. The summed E-state index contributed by atoms with van der Waals surface area (Å²) >= 11 is 0. The first kappa shape index (κ1) is 18.1. The molecular weight excluding hydrogens is 350 g/mol. The van der Waals surface area contributed by atoms with Gasteiger partial charge in [-0.3, -0.25) is 4.90 Å². The van der Waals surface area contributed by atoms with E-state index in [1.165, 1.54) is 0 Å². The highest BCUT2D eigenvalue weighted by Crippen LogP contribution is 2.58.